The third-order valence-electron chi connectivity index (χ3n) is 1.75. The molecule has 0 N–H and O–H groups in total. The lowest BCUT2D eigenvalue weighted by Gasteiger charge is -2.07. The van der Waals surface area contributed by atoms with Crippen molar-refractivity contribution in [3.8, 4) is 5.75 Å². The predicted octanol–water partition coefficient (Wildman–Crippen LogP) is 2.97. The number of rotatable bonds is 3. The van der Waals surface area contributed by atoms with Crippen molar-refractivity contribution in [2.75, 3.05) is 6.61 Å². The molecule has 0 saturated heterocycles. The molecule has 0 fully saturated rings. The summed E-state index contributed by atoms with van der Waals surface area (Å²) in [4.78, 5) is 10.8. The fourth-order valence-electron chi connectivity index (χ4n) is 1.08. The zero-order chi connectivity index (χ0) is 12.3. The van der Waals surface area contributed by atoms with Gasteiger partial charge in [0.2, 0.25) is 0 Å². The summed E-state index contributed by atoms with van der Waals surface area (Å²) in [5.41, 5.74) is -0.742. The molecule has 0 aliphatic heterocycles. The minimum atomic E-state index is -5.00. The van der Waals surface area contributed by atoms with Crippen LogP contribution in [0.15, 0.2) is 18.2 Å². The summed E-state index contributed by atoms with van der Waals surface area (Å²) in [6, 6.07) is 2.39. The lowest BCUT2D eigenvalue weighted by atomic mass is 10.1. The van der Waals surface area contributed by atoms with Crippen LogP contribution in [0.4, 0.5) is 17.6 Å². The Morgan fingerprint density at radius 3 is 2.44 bits per heavy atom. The Balaban J connectivity index is 3.02. The fraction of sp³-hybridized carbons (Fsp3) is 0.300. The SMILES string of the molecule is CCOc1ccc(C(=O)C(F)(F)F)cc1F. The summed E-state index contributed by atoms with van der Waals surface area (Å²) >= 11 is 0. The molecule has 88 valence electrons. The van der Waals surface area contributed by atoms with Crippen molar-refractivity contribution in [1.29, 1.82) is 0 Å². The highest BCUT2D eigenvalue weighted by molar-refractivity contribution is 6.00. The Morgan fingerprint density at radius 2 is 2.00 bits per heavy atom. The summed E-state index contributed by atoms with van der Waals surface area (Å²) in [5.74, 6) is -3.24. The highest BCUT2D eigenvalue weighted by atomic mass is 19.4. The van der Waals surface area contributed by atoms with Crippen molar-refractivity contribution in [2.24, 2.45) is 0 Å². The first-order valence-corrected chi connectivity index (χ1v) is 4.40. The van der Waals surface area contributed by atoms with Gasteiger partial charge in [-0.25, -0.2) is 4.39 Å². The molecular formula is C10H8F4O2. The molecule has 0 aliphatic rings. The second-order valence-electron chi connectivity index (χ2n) is 2.91. The first kappa shape index (κ1) is 12.5. The molecule has 16 heavy (non-hydrogen) atoms. The standard InChI is InChI=1S/C10H8F4O2/c1-2-16-8-4-3-6(5-7(8)11)9(15)10(12,13)14/h3-5H,2H2,1H3. The van der Waals surface area contributed by atoms with Crippen LogP contribution < -0.4 is 4.74 Å². The molecule has 0 amide bonds. The molecule has 0 saturated carbocycles. The van der Waals surface area contributed by atoms with Crippen molar-refractivity contribution in [1.82, 2.24) is 0 Å². The van der Waals surface area contributed by atoms with E-state index >= 15 is 0 Å². The normalized spacial score (nSPS) is 11.3. The molecule has 2 nitrogen and oxygen atoms in total. The predicted molar refractivity (Wildman–Crippen MR) is 48.0 cm³/mol. The maximum atomic E-state index is 13.1. The first-order chi connectivity index (χ1) is 7.36. The second kappa shape index (κ2) is 4.51. The first-order valence-electron chi connectivity index (χ1n) is 4.40. The van der Waals surface area contributed by atoms with E-state index in [1.807, 2.05) is 0 Å². The van der Waals surface area contributed by atoms with E-state index in [1.165, 1.54) is 0 Å². The highest BCUT2D eigenvalue weighted by Gasteiger charge is 2.39. The number of alkyl halides is 3. The third kappa shape index (κ3) is 2.71. The molecule has 1 rings (SSSR count). The van der Waals surface area contributed by atoms with Gasteiger partial charge in [0.1, 0.15) is 0 Å². The smallest absolute Gasteiger partial charge is 0.454 e. The summed E-state index contributed by atoms with van der Waals surface area (Å²) in [5, 5.41) is 0. The molecule has 0 aromatic heterocycles. The number of halogens is 4. The third-order valence-corrected chi connectivity index (χ3v) is 1.75. The number of benzene rings is 1. The van der Waals surface area contributed by atoms with Crippen LogP contribution in [0.5, 0.6) is 5.75 Å². The van der Waals surface area contributed by atoms with Crippen LogP contribution >= 0.6 is 0 Å². The number of hydrogen-bond donors (Lipinski definition) is 0. The topological polar surface area (TPSA) is 26.3 Å². The van der Waals surface area contributed by atoms with Crippen LogP contribution in [0.25, 0.3) is 0 Å². The maximum absolute atomic E-state index is 13.1. The molecule has 0 aliphatic carbocycles. The maximum Gasteiger partial charge on any atom is 0.454 e. The molecule has 0 bridgehead atoms. The van der Waals surface area contributed by atoms with Gasteiger partial charge in [-0.3, -0.25) is 4.79 Å². The van der Waals surface area contributed by atoms with Gasteiger partial charge in [-0.05, 0) is 25.1 Å². The van der Waals surface area contributed by atoms with Gasteiger partial charge in [0, 0.05) is 5.56 Å². The van der Waals surface area contributed by atoms with Gasteiger partial charge in [0.25, 0.3) is 5.78 Å². The van der Waals surface area contributed by atoms with Crippen LogP contribution in [0.1, 0.15) is 17.3 Å². The molecule has 0 radical (unpaired) electrons. The van der Waals surface area contributed by atoms with Crippen molar-refractivity contribution in [3.05, 3.63) is 29.6 Å². The lowest BCUT2D eigenvalue weighted by molar-refractivity contribution is -0.0885. The monoisotopic (exact) mass is 236 g/mol. The Morgan fingerprint density at radius 1 is 1.38 bits per heavy atom. The summed E-state index contributed by atoms with van der Waals surface area (Å²) in [6.07, 6.45) is -5.00. The van der Waals surface area contributed by atoms with Crippen molar-refractivity contribution in [2.45, 2.75) is 13.1 Å². The van der Waals surface area contributed by atoms with Crippen LogP contribution in [-0.2, 0) is 0 Å². The average molecular weight is 236 g/mol. The van der Waals surface area contributed by atoms with Gasteiger partial charge in [-0.2, -0.15) is 13.2 Å². The van der Waals surface area contributed by atoms with Gasteiger partial charge < -0.3 is 4.74 Å². The average Bonchev–Trinajstić information content (AvgIpc) is 2.19. The van der Waals surface area contributed by atoms with Crippen LogP contribution in [0, 0.1) is 5.82 Å². The second-order valence-corrected chi connectivity index (χ2v) is 2.91. The molecular weight excluding hydrogens is 228 g/mol. The Labute approximate surface area is 88.8 Å². The van der Waals surface area contributed by atoms with Crippen molar-refractivity contribution in [3.63, 3.8) is 0 Å². The van der Waals surface area contributed by atoms with Gasteiger partial charge in [0.05, 0.1) is 6.61 Å². The summed E-state index contributed by atoms with van der Waals surface area (Å²) < 4.78 is 54.0. The van der Waals surface area contributed by atoms with E-state index in [0.717, 1.165) is 12.1 Å². The highest BCUT2D eigenvalue weighted by Crippen LogP contribution is 2.24. The van der Waals surface area contributed by atoms with E-state index in [1.54, 1.807) is 6.92 Å². The van der Waals surface area contributed by atoms with E-state index in [4.69, 9.17) is 4.74 Å². The molecule has 6 heteroatoms. The minimum absolute atomic E-state index is 0.179. The number of ketones is 1. The van der Waals surface area contributed by atoms with Crippen LogP contribution in [0.2, 0.25) is 0 Å². The van der Waals surface area contributed by atoms with Crippen molar-refractivity contribution < 1.29 is 27.1 Å². The van der Waals surface area contributed by atoms with E-state index in [2.05, 4.69) is 0 Å². The van der Waals surface area contributed by atoms with Crippen molar-refractivity contribution >= 4 is 5.78 Å². The van der Waals surface area contributed by atoms with Gasteiger partial charge in [-0.1, -0.05) is 0 Å². The van der Waals surface area contributed by atoms with E-state index < -0.39 is 23.3 Å². The lowest BCUT2D eigenvalue weighted by Crippen LogP contribution is -2.22. The fourth-order valence-corrected chi connectivity index (χ4v) is 1.08. The summed E-state index contributed by atoms with van der Waals surface area (Å²) in [7, 11) is 0. The number of Topliss-reactive ketones (excluding diaryl/α,β-unsaturated/α-hetero) is 1. The molecule has 1 aromatic carbocycles. The zero-order valence-corrected chi connectivity index (χ0v) is 8.27. The van der Waals surface area contributed by atoms with Gasteiger partial charge in [-0.15, -0.1) is 0 Å². The van der Waals surface area contributed by atoms with E-state index in [-0.39, 0.29) is 12.4 Å². The van der Waals surface area contributed by atoms with Crippen LogP contribution in [-0.4, -0.2) is 18.6 Å². The summed E-state index contributed by atoms with van der Waals surface area (Å²) in [6.45, 7) is 1.79. The van der Waals surface area contributed by atoms with Gasteiger partial charge in [0.15, 0.2) is 11.6 Å². The molecule has 0 unspecified atom stereocenters. The molecule has 1 aromatic rings. The number of carbonyl (C=O) groups is 1. The Kier molecular flexibility index (Phi) is 3.51. The Bertz CT molecular complexity index is 398. The largest absolute Gasteiger partial charge is 0.491 e. The molecule has 0 heterocycles. The Hall–Kier alpha value is -1.59. The van der Waals surface area contributed by atoms with E-state index in [9.17, 15) is 22.4 Å². The number of ether oxygens (including phenoxy) is 1. The quantitative estimate of drug-likeness (QED) is 0.595. The minimum Gasteiger partial charge on any atom is -0.491 e. The van der Waals surface area contributed by atoms with Crippen LogP contribution in [0.3, 0.4) is 0 Å². The molecule has 0 atom stereocenters. The molecule has 0 spiro atoms. The number of hydrogen-bond acceptors (Lipinski definition) is 2. The van der Waals surface area contributed by atoms with E-state index in [0.29, 0.717) is 6.07 Å². The zero-order valence-electron chi connectivity index (χ0n) is 8.27. The number of carbonyl (C=O) groups excluding carboxylic acids is 1. The van der Waals surface area contributed by atoms with Gasteiger partial charge >= 0.3 is 6.18 Å².